The zero-order valence-corrected chi connectivity index (χ0v) is 18.5. The molecule has 3 aliphatic rings. The average molecular weight is 449 g/mol. The van der Waals surface area contributed by atoms with E-state index in [0.29, 0.717) is 31.2 Å². The van der Waals surface area contributed by atoms with E-state index in [1.54, 1.807) is 0 Å². The van der Waals surface area contributed by atoms with Crippen LogP contribution in [0.4, 0.5) is 5.82 Å². The first-order valence-electron chi connectivity index (χ1n) is 11.7. The van der Waals surface area contributed by atoms with Crippen LogP contribution in [0.5, 0.6) is 0 Å². The van der Waals surface area contributed by atoms with Crippen LogP contribution in [0.2, 0.25) is 0 Å². The number of carboxylic acid groups (broad SMARTS) is 1. The van der Waals surface area contributed by atoms with Gasteiger partial charge in [0.1, 0.15) is 11.6 Å². The van der Waals surface area contributed by atoms with Crippen molar-refractivity contribution in [3.63, 3.8) is 0 Å². The number of fused-ring (bicyclic) bond motifs is 2. The molecule has 4 heterocycles. The summed E-state index contributed by atoms with van der Waals surface area (Å²) < 4.78 is 11.1. The molecule has 1 unspecified atom stereocenters. The number of nitrogens with one attached hydrogen (secondary N) is 1. The fourth-order valence-corrected chi connectivity index (χ4v) is 4.57. The summed E-state index contributed by atoms with van der Waals surface area (Å²) in [6, 6.07) is 4.27. The van der Waals surface area contributed by atoms with Gasteiger partial charge in [-0.05, 0) is 55.0 Å². The molecule has 0 aromatic carbocycles. The van der Waals surface area contributed by atoms with Gasteiger partial charge in [0.05, 0.1) is 13.0 Å². The Morgan fingerprint density at radius 2 is 2.15 bits per heavy atom. The van der Waals surface area contributed by atoms with Gasteiger partial charge >= 0.3 is 5.97 Å². The molecule has 1 atom stereocenters. The van der Waals surface area contributed by atoms with Crippen LogP contribution in [0.25, 0.3) is 0 Å². The first-order chi connectivity index (χ1) is 16.1. The van der Waals surface area contributed by atoms with Crippen molar-refractivity contribution in [1.82, 2.24) is 15.1 Å². The van der Waals surface area contributed by atoms with E-state index in [0.717, 1.165) is 67.1 Å². The van der Waals surface area contributed by atoms with Crippen LogP contribution in [0.15, 0.2) is 51.8 Å². The quantitative estimate of drug-likeness (QED) is 0.596. The van der Waals surface area contributed by atoms with Gasteiger partial charge in [0.2, 0.25) is 5.89 Å². The van der Waals surface area contributed by atoms with Crippen molar-refractivity contribution in [2.45, 2.75) is 51.4 Å². The predicted octanol–water partition coefficient (Wildman–Crippen LogP) is 3.80. The zero-order chi connectivity index (χ0) is 22.6. The van der Waals surface area contributed by atoms with E-state index in [4.69, 9.17) is 14.2 Å². The third-order valence-corrected chi connectivity index (χ3v) is 6.25. The smallest absolute Gasteiger partial charge is 0.303 e. The molecule has 0 radical (unpaired) electrons. The van der Waals surface area contributed by atoms with Crippen LogP contribution in [0.1, 0.15) is 48.7 Å². The Morgan fingerprint density at radius 3 is 3.03 bits per heavy atom. The normalized spacial score (nSPS) is 17.6. The van der Waals surface area contributed by atoms with E-state index in [9.17, 15) is 9.90 Å². The topological polar surface area (TPSA) is 110 Å². The van der Waals surface area contributed by atoms with Crippen LogP contribution in [-0.2, 0) is 35.2 Å². The average Bonchev–Trinajstić information content (AvgIpc) is 3.45. The molecular formula is C25H28N4O4. The maximum Gasteiger partial charge on any atom is 0.303 e. The van der Waals surface area contributed by atoms with Crippen molar-refractivity contribution >= 4 is 11.8 Å². The number of pyridine rings is 1. The number of carboxylic acids is 1. The van der Waals surface area contributed by atoms with Crippen molar-refractivity contribution in [2.75, 3.05) is 18.5 Å². The standard InChI is InChI=1S/C25H28N4O4/c30-24(31)15-19(18-12-17-5-3-11-32-21(17)13-18)14-23-28-22(29-33-23)7-1-6-20-9-8-16-4-2-10-26-25(16)27-20/h5,8-9,12-13,19H,1-4,6-7,10-11,14-15H2,(H,26,27)(H,30,31). The molecule has 0 spiro atoms. The Balaban J connectivity index is 1.19. The number of hydrogen-bond acceptors (Lipinski definition) is 7. The summed E-state index contributed by atoms with van der Waals surface area (Å²) in [5.74, 6) is 1.86. The van der Waals surface area contributed by atoms with Gasteiger partial charge in [0, 0.05) is 43.0 Å². The van der Waals surface area contributed by atoms with Gasteiger partial charge < -0.3 is 19.7 Å². The summed E-state index contributed by atoms with van der Waals surface area (Å²) in [7, 11) is 0. The fraction of sp³-hybridized carbons (Fsp3) is 0.440. The number of carbonyl (C=O) groups is 1. The van der Waals surface area contributed by atoms with Crippen LogP contribution in [0, 0.1) is 5.92 Å². The lowest BCUT2D eigenvalue weighted by atomic mass is 9.92. The Hall–Kier alpha value is -3.42. The largest absolute Gasteiger partial charge is 0.493 e. The third-order valence-electron chi connectivity index (χ3n) is 6.25. The third kappa shape index (κ3) is 5.16. The summed E-state index contributed by atoms with van der Waals surface area (Å²) in [5.41, 5.74) is 4.32. The molecule has 2 aliphatic heterocycles. The second-order valence-corrected chi connectivity index (χ2v) is 8.75. The first kappa shape index (κ1) is 21.4. The number of aromatic nitrogens is 3. The summed E-state index contributed by atoms with van der Waals surface area (Å²) in [5, 5.41) is 16.9. The van der Waals surface area contributed by atoms with E-state index in [1.165, 1.54) is 5.56 Å². The Labute approximate surface area is 192 Å². The lowest BCUT2D eigenvalue weighted by Crippen LogP contribution is -2.14. The molecule has 0 fully saturated rings. The first-order valence-corrected chi connectivity index (χ1v) is 11.7. The second-order valence-electron chi connectivity index (χ2n) is 8.75. The second kappa shape index (κ2) is 9.60. The number of allylic oxidation sites excluding steroid dienone is 3. The molecule has 0 bridgehead atoms. The van der Waals surface area contributed by atoms with Crippen molar-refractivity contribution < 1.29 is 19.2 Å². The van der Waals surface area contributed by atoms with Gasteiger partial charge in [-0.1, -0.05) is 17.3 Å². The maximum atomic E-state index is 11.5. The molecule has 0 amide bonds. The van der Waals surface area contributed by atoms with E-state index >= 15 is 0 Å². The molecule has 0 saturated heterocycles. The molecule has 5 rings (SSSR count). The Morgan fingerprint density at radius 1 is 1.21 bits per heavy atom. The highest BCUT2D eigenvalue weighted by Crippen LogP contribution is 2.34. The number of nitrogens with zero attached hydrogens (tertiary/aromatic N) is 3. The van der Waals surface area contributed by atoms with Crippen molar-refractivity contribution in [2.24, 2.45) is 5.92 Å². The molecular weight excluding hydrogens is 420 g/mol. The number of hydrogen-bond donors (Lipinski definition) is 2. The monoisotopic (exact) mass is 448 g/mol. The highest BCUT2D eigenvalue weighted by atomic mass is 16.5. The molecule has 2 N–H and O–H groups in total. The minimum absolute atomic E-state index is 0.00135. The van der Waals surface area contributed by atoms with Gasteiger partial charge in [-0.15, -0.1) is 0 Å². The van der Waals surface area contributed by atoms with E-state index in [1.807, 2.05) is 12.2 Å². The molecule has 8 heteroatoms. The van der Waals surface area contributed by atoms with Gasteiger partial charge in [0.25, 0.3) is 0 Å². The van der Waals surface area contributed by atoms with Gasteiger partial charge in [-0.2, -0.15) is 4.98 Å². The zero-order valence-electron chi connectivity index (χ0n) is 18.5. The maximum absolute atomic E-state index is 11.5. The minimum atomic E-state index is -0.851. The summed E-state index contributed by atoms with van der Waals surface area (Å²) >= 11 is 0. The van der Waals surface area contributed by atoms with Gasteiger partial charge in [-0.25, -0.2) is 4.98 Å². The minimum Gasteiger partial charge on any atom is -0.493 e. The summed E-state index contributed by atoms with van der Waals surface area (Å²) in [6.07, 6.45) is 12.0. The number of ether oxygens (including phenoxy) is 1. The molecule has 8 nitrogen and oxygen atoms in total. The van der Waals surface area contributed by atoms with Crippen LogP contribution >= 0.6 is 0 Å². The van der Waals surface area contributed by atoms with E-state index < -0.39 is 5.97 Å². The molecule has 2 aromatic heterocycles. The summed E-state index contributed by atoms with van der Waals surface area (Å²) in [4.78, 5) is 20.7. The lowest BCUT2D eigenvalue weighted by Gasteiger charge is -2.17. The molecule has 0 saturated carbocycles. The Bertz CT molecular complexity index is 1130. The SMILES string of the molecule is O=C(O)CC(Cc1nc(CCCc2ccc3c(n2)NCCC3)no1)C1=CC2=CCCOC2=C1. The Kier molecular flexibility index (Phi) is 6.24. The molecule has 33 heavy (non-hydrogen) atoms. The predicted molar refractivity (Wildman–Crippen MR) is 122 cm³/mol. The number of anilines is 1. The molecule has 1 aliphatic carbocycles. The van der Waals surface area contributed by atoms with Crippen molar-refractivity contribution in [1.29, 1.82) is 0 Å². The number of aliphatic carboxylic acids is 1. The molecule has 2 aromatic rings. The van der Waals surface area contributed by atoms with Gasteiger partial charge in [-0.3, -0.25) is 4.79 Å². The highest BCUT2D eigenvalue weighted by Gasteiger charge is 2.26. The van der Waals surface area contributed by atoms with Crippen LogP contribution in [0.3, 0.4) is 0 Å². The van der Waals surface area contributed by atoms with Gasteiger partial charge in [0.15, 0.2) is 5.82 Å². The van der Waals surface area contributed by atoms with Crippen LogP contribution < -0.4 is 5.32 Å². The van der Waals surface area contributed by atoms with Crippen LogP contribution in [-0.4, -0.2) is 39.4 Å². The number of aryl methyl sites for hydroxylation is 3. The lowest BCUT2D eigenvalue weighted by molar-refractivity contribution is -0.137. The number of rotatable bonds is 9. The van der Waals surface area contributed by atoms with Crippen molar-refractivity contribution in [3.05, 3.63) is 70.2 Å². The summed E-state index contributed by atoms with van der Waals surface area (Å²) in [6.45, 7) is 1.64. The molecule has 172 valence electrons. The fourth-order valence-electron chi connectivity index (χ4n) is 4.57. The van der Waals surface area contributed by atoms with E-state index in [-0.39, 0.29) is 12.3 Å². The van der Waals surface area contributed by atoms with Crippen molar-refractivity contribution in [3.8, 4) is 0 Å². The van der Waals surface area contributed by atoms with E-state index in [2.05, 4.69) is 33.7 Å². The highest BCUT2D eigenvalue weighted by molar-refractivity contribution is 5.68.